The van der Waals surface area contributed by atoms with E-state index in [1.807, 2.05) is 24.3 Å². The zero-order chi connectivity index (χ0) is 16.7. The minimum Gasteiger partial charge on any atom is -0.350 e. The van der Waals surface area contributed by atoms with Crippen LogP contribution in [-0.2, 0) is 0 Å². The third-order valence-corrected chi connectivity index (χ3v) is 3.46. The quantitative estimate of drug-likeness (QED) is 0.805. The Morgan fingerprint density at radius 3 is 2.09 bits per heavy atom. The topological polar surface area (TPSA) is 71.1 Å². The number of carbonyl (C=O) groups excluding carboxylic acids is 2. The summed E-state index contributed by atoms with van der Waals surface area (Å²) in [5.74, 6) is 0.0966. The number of pyridine rings is 1. The molecule has 1 aromatic heterocycles. The first kappa shape index (κ1) is 16.7. The van der Waals surface area contributed by atoms with Crippen molar-refractivity contribution in [3.63, 3.8) is 0 Å². The summed E-state index contributed by atoms with van der Waals surface area (Å²) in [6.45, 7) is 4.96. The van der Waals surface area contributed by atoms with Gasteiger partial charge in [-0.05, 0) is 35.7 Å². The van der Waals surface area contributed by atoms with Gasteiger partial charge in [0.05, 0.1) is 5.56 Å². The largest absolute Gasteiger partial charge is 0.350 e. The molecule has 5 heteroatoms. The molecule has 0 spiro atoms. The molecule has 0 aliphatic carbocycles. The van der Waals surface area contributed by atoms with E-state index in [1.54, 1.807) is 18.3 Å². The average Bonchev–Trinajstić information content (AvgIpc) is 2.59. The lowest BCUT2D eigenvalue weighted by atomic mass is 10.0. The smallest absolute Gasteiger partial charge is 0.252 e. The molecule has 1 aromatic carbocycles. The van der Waals surface area contributed by atoms with Gasteiger partial charge in [0.2, 0.25) is 0 Å². The number of carbonyl (C=O) groups is 2. The van der Waals surface area contributed by atoms with Gasteiger partial charge in [0.1, 0.15) is 0 Å². The lowest BCUT2D eigenvalue weighted by Crippen LogP contribution is -2.34. The summed E-state index contributed by atoms with van der Waals surface area (Å²) >= 11 is 0. The first-order valence-electron chi connectivity index (χ1n) is 7.64. The Hall–Kier alpha value is -2.69. The summed E-state index contributed by atoms with van der Waals surface area (Å²) in [6, 6.07) is 11.0. The van der Waals surface area contributed by atoms with Gasteiger partial charge in [-0.1, -0.05) is 26.0 Å². The molecular weight excluding hydrogens is 290 g/mol. The van der Waals surface area contributed by atoms with Gasteiger partial charge in [-0.15, -0.1) is 0 Å². The fourth-order valence-electron chi connectivity index (χ4n) is 2.07. The number of aromatic nitrogens is 1. The van der Waals surface area contributed by atoms with Gasteiger partial charge in [0.25, 0.3) is 11.8 Å². The zero-order valence-corrected chi connectivity index (χ0v) is 13.4. The molecule has 5 nitrogen and oxygen atoms in total. The highest BCUT2D eigenvalue weighted by Crippen LogP contribution is 2.14. The van der Waals surface area contributed by atoms with Crippen molar-refractivity contribution in [3.8, 4) is 0 Å². The van der Waals surface area contributed by atoms with Gasteiger partial charge in [-0.25, -0.2) is 0 Å². The number of benzene rings is 1. The van der Waals surface area contributed by atoms with Crippen molar-refractivity contribution in [1.29, 1.82) is 0 Å². The van der Waals surface area contributed by atoms with Crippen molar-refractivity contribution < 1.29 is 9.59 Å². The summed E-state index contributed by atoms with van der Waals surface area (Å²) in [5.41, 5.74) is 2.32. The van der Waals surface area contributed by atoms with Crippen LogP contribution in [0.5, 0.6) is 0 Å². The average molecular weight is 311 g/mol. The molecule has 1 heterocycles. The molecule has 0 bridgehead atoms. The number of hydrogen-bond acceptors (Lipinski definition) is 3. The molecule has 0 radical (unpaired) electrons. The second kappa shape index (κ2) is 8.08. The van der Waals surface area contributed by atoms with Gasteiger partial charge < -0.3 is 10.6 Å². The van der Waals surface area contributed by atoms with Crippen molar-refractivity contribution >= 4 is 11.8 Å². The van der Waals surface area contributed by atoms with Crippen LogP contribution < -0.4 is 10.6 Å². The number of hydrogen-bond donors (Lipinski definition) is 2. The van der Waals surface area contributed by atoms with E-state index in [4.69, 9.17) is 0 Å². The number of nitrogens with zero attached hydrogens (tertiary/aromatic N) is 1. The summed E-state index contributed by atoms with van der Waals surface area (Å²) in [5, 5.41) is 5.52. The Labute approximate surface area is 136 Å². The van der Waals surface area contributed by atoms with Crippen LogP contribution in [-0.4, -0.2) is 29.9 Å². The highest BCUT2D eigenvalue weighted by molar-refractivity contribution is 5.95. The second-order valence-electron chi connectivity index (χ2n) is 5.53. The third kappa shape index (κ3) is 4.92. The molecule has 120 valence electrons. The SMILES string of the molecule is CC(C)c1ccc(C(=O)NCCNC(=O)c2cccnc2)cc1. The molecule has 0 atom stereocenters. The van der Waals surface area contributed by atoms with Gasteiger partial charge in [0.15, 0.2) is 0 Å². The van der Waals surface area contributed by atoms with Gasteiger partial charge >= 0.3 is 0 Å². The highest BCUT2D eigenvalue weighted by Gasteiger charge is 2.07. The van der Waals surface area contributed by atoms with Crippen molar-refractivity contribution in [1.82, 2.24) is 15.6 Å². The van der Waals surface area contributed by atoms with Crippen molar-refractivity contribution in [3.05, 3.63) is 65.5 Å². The summed E-state index contributed by atoms with van der Waals surface area (Å²) in [7, 11) is 0. The first-order valence-corrected chi connectivity index (χ1v) is 7.64. The van der Waals surface area contributed by atoms with Crippen LogP contribution in [0, 0.1) is 0 Å². The molecule has 0 saturated heterocycles. The molecule has 2 rings (SSSR count). The monoisotopic (exact) mass is 311 g/mol. The van der Waals surface area contributed by atoms with Crippen LogP contribution >= 0.6 is 0 Å². The second-order valence-corrected chi connectivity index (χ2v) is 5.53. The maximum Gasteiger partial charge on any atom is 0.252 e. The predicted molar refractivity (Wildman–Crippen MR) is 89.4 cm³/mol. The molecular formula is C18H21N3O2. The molecule has 2 N–H and O–H groups in total. The molecule has 0 saturated carbocycles. The molecule has 23 heavy (non-hydrogen) atoms. The molecule has 0 aliphatic heterocycles. The fourth-order valence-corrected chi connectivity index (χ4v) is 2.07. The maximum atomic E-state index is 12.0. The lowest BCUT2D eigenvalue weighted by Gasteiger charge is -2.09. The molecule has 0 unspecified atom stereocenters. The minimum atomic E-state index is -0.200. The molecule has 0 aliphatic rings. The number of amides is 2. The maximum absolute atomic E-state index is 12.0. The Morgan fingerprint density at radius 1 is 0.957 bits per heavy atom. The van der Waals surface area contributed by atoms with E-state index in [0.717, 1.165) is 0 Å². The van der Waals surface area contributed by atoms with Crippen LogP contribution in [0.4, 0.5) is 0 Å². The van der Waals surface area contributed by atoms with E-state index in [2.05, 4.69) is 29.5 Å². The number of rotatable bonds is 6. The van der Waals surface area contributed by atoms with Crippen molar-refractivity contribution in [2.45, 2.75) is 19.8 Å². The van der Waals surface area contributed by atoms with Crippen LogP contribution in [0.15, 0.2) is 48.8 Å². The van der Waals surface area contributed by atoms with E-state index in [0.29, 0.717) is 30.1 Å². The van der Waals surface area contributed by atoms with E-state index >= 15 is 0 Å². The van der Waals surface area contributed by atoms with Gasteiger partial charge in [-0.2, -0.15) is 0 Å². The molecule has 2 amide bonds. The van der Waals surface area contributed by atoms with E-state index < -0.39 is 0 Å². The van der Waals surface area contributed by atoms with Gasteiger partial charge in [-0.3, -0.25) is 14.6 Å². The Bertz CT molecular complexity index is 652. The summed E-state index contributed by atoms with van der Waals surface area (Å²) < 4.78 is 0. The Balaban J connectivity index is 1.75. The summed E-state index contributed by atoms with van der Waals surface area (Å²) in [4.78, 5) is 27.7. The van der Waals surface area contributed by atoms with E-state index in [1.165, 1.54) is 11.8 Å². The van der Waals surface area contributed by atoms with Crippen LogP contribution in [0.1, 0.15) is 46.0 Å². The van der Waals surface area contributed by atoms with Crippen molar-refractivity contribution in [2.24, 2.45) is 0 Å². The zero-order valence-electron chi connectivity index (χ0n) is 13.4. The van der Waals surface area contributed by atoms with Crippen LogP contribution in [0.2, 0.25) is 0 Å². The lowest BCUT2D eigenvalue weighted by molar-refractivity contribution is 0.0927. The Morgan fingerprint density at radius 2 is 1.57 bits per heavy atom. The molecule has 2 aromatic rings. The normalized spacial score (nSPS) is 10.4. The third-order valence-electron chi connectivity index (χ3n) is 3.46. The van der Waals surface area contributed by atoms with Crippen molar-refractivity contribution in [2.75, 3.05) is 13.1 Å². The first-order chi connectivity index (χ1) is 11.1. The van der Waals surface area contributed by atoms with Crippen LogP contribution in [0.3, 0.4) is 0 Å². The minimum absolute atomic E-state index is 0.143. The molecule has 0 fully saturated rings. The van der Waals surface area contributed by atoms with E-state index in [-0.39, 0.29) is 11.8 Å². The fraction of sp³-hybridized carbons (Fsp3) is 0.278. The van der Waals surface area contributed by atoms with E-state index in [9.17, 15) is 9.59 Å². The predicted octanol–water partition coefficient (Wildman–Crippen LogP) is 2.36. The van der Waals surface area contributed by atoms with Gasteiger partial charge in [0, 0.05) is 31.0 Å². The highest BCUT2D eigenvalue weighted by atomic mass is 16.2. The Kier molecular flexibility index (Phi) is 5.86. The standard InChI is InChI=1S/C18H21N3O2/c1-13(2)14-5-7-15(8-6-14)17(22)20-10-11-21-18(23)16-4-3-9-19-12-16/h3-9,12-13H,10-11H2,1-2H3,(H,20,22)(H,21,23). The summed E-state index contributed by atoms with van der Waals surface area (Å²) in [6.07, 6.45) is 3.12. The number of nitrogens with one attached hydrogen (secondary N) is 2. The van der Waals surface area contributed by atoms with Crippen LogP contribution in [0.25, 0.3) is 0 Å².